The molecule has 14 rings (SSSR count). The molecule has 576 valence electrons. The van der Waals surface area contributed by atoms with Crippen molar-refractivity contribution in [2.45, 2.75) is 73.0 Å². The van der Waals surface area contributed by atoms with Gasteiger partial charge in [0.1, 0.15) is 17.5 Å². The summed E-state index contributed by atoms with van der Waals surface area (Å²) < 4.78 is 65.1. The van der Waals surface area contributed by atoms with Gasteiger partial charge in [0, 0.05) is 93.3 Å². The lowest BCUT2D eigenvalue weighted by atomic mass is 10.1. The van der Waals surface area contributed by atoms with Crippen molar-refractivity contribution < 1.29 is 82.1 Å². The minimum Gasteiger partial charge on any atom is -0.484 e. The van der Waals surface area contributed by atoms with Crippen LogP contribution in [0.4, 0.5) is 20.3 Å². The Morgan fingerprint density at radius 2 is 1.07 bits per heavy atom. The monoisotopic (exact) mass is 1600 g/mol. The van der Waals surface area contributed by atoms with E-state index in [4.69, 9.17) is 67.3 Å². The molecule has 5 aliphatic heterocycles. The number of halogens is 4. The summed E-state index contributed by atoms with van der Waals surface area (Å²) in [7, 11) is 8.00. The van der Waals surface area contributed by atoms with E-state index in [1.54, 1.807) is 69.6 Å². The topological polar surface area (TPSA) is 443 Å². The highest BCUT2D eigenvalue weighted by atomic mass is 36.0. The molecule has 0 bridgehead atoms. The lowest BCUT2D eigenvalue weighted by Gasteiger charge is -2.10. The van der Waals surface area contributed by atoms with Gasteiger partial charge < -0.3 is 60.2 Å². The second kappa shape index (κ2) is 45.8. The number of carboxylic acids is 2. The summed E-state index contributed by atoms with van der Waals surface area (Å²) in [4.78, 5) is 130. The van der Waals surface area contributed by atoms with Crippen LogP contribution < -0.4 is 43.5 Å². The Bertz CT molecular complexity index is 4640. The van der Waals surface area contributed by atoms with E-state index in [1.165, 1.54) is 59.1 Å². The molecule has 0 atom stereocenters. The summed E-state index contributed by atoms with van der Waals surface area (Å²) in [5.41, 5.74) is 12.9. The highest BCUT2D eigenvalue weighted by molar-refractivity contribution is 8.26. The number of aromatic carboxylic acids is 2. The van der Waals surface area contributed by atoms with Gasteiger partial charge in [-0.05, 0) is 98.2 Å². The van der Waals surface area contributed by atoms with E-state index in [-0.39, 0.29) is 65.0 Å². The van der Waals surface area contributed by atoms with Gasteiger partial charge in [-0.1, -0.05) is 7.43 Å². The van der Waals surface area contributed by atoms with Crippen LogP contribution in [0.1, 0.15) is 90.3 Å². The zero-order valence-electron chi connectivity index (χ0n) is 58.3. The van der Waals surface area contributed by atoms with Gasteiger partial charge in [0.2, 0.25) is 15.1 Å². The summed E-state index contributed by atoms with van der Waals surface area (Å²) in [6.07, 6.45) is 6.53. The summed E-state index contributed by atoms with van der Waals surface area (Å²) in [6, 6.07) is 17.9. The highest BCUT2D eigenvalue weighted by Gasteiger charge is 2.20. The van der Waals surface area contributed by atoms with Crippen LogP contribution in [0.25, 0.3) is 32.7 Å². The number of rotatable bonds is 7. The number of carbonyl (C=O) groups is 6. The van der Waals surface area contributed by atoms with Crippen LogP contribution in [0.3, 0.4) is 0 Å². The van der Waals surface area contributed by atoms with Gasteiger partial charge in [-0.15, -0.1) is 22.7 Å². The van der Waals surface area contributed by atoms with Gasteiger partial charge >= 0.3 is 11.9 Å². The van der Waals surface area contributed by atoms with Crippen molar-refractivity contribution >= 4 is 155 Å². The molecule has 0 saturated carbocycles. The van der Waals surface area contributed by atoms with E-state index in [0.29, 0.717) is 176 Å². The Hall–Kier alpha value is -9.60. The van der Waals surface area contributed by atoms with Crippen LogP contribution >= 0.6 is 55.6 Å². The number of aliphatic imine (C=N–C) groups is 1. The number of ether oxygens (including phenoxy) is 7. The number of hydrogen-bond donors (Lipinski definition) is 6. The average Bonchev–Trinajstić information content (AvgIpc) is 1.11. The van der Waals surface area contributed by atoms with E-state index < -0.39 is 33.6 Å². The molecule has 8 N–H and O–H groups in total. The normalized spacial score (nSPS) is 14.2. The molecule has 2 amide bonds. The first-order valence-electron chi connectivity index (χ1n) is 32.6. The number of nitrogen functional groups attached to an aromatic ring is 2. The third-order valence-corrected chi connectivity index (χ3v) is 16.6. The van der Waals surface area contributed by atoms with Crippen molar-refractivity contribution in [3.05, 3.63) is 166 Å². The fourth-order valence-corrected chi connectivity index (χ4v) is 11.2. The predicted octanol–water partition coefficient (Wildman–Crippen LogP) is 7.78. The average molecular weight is 1610 g/mol. The van der Waals surface area contributed by atoms with Crippen molar-refractivity contribution in [1.82, 2.24) is 43.9 Å². The fourth-order valence-electron chi connectivity index (χ4n) is 9.88. The van der Waals surface area contributed by atoms with Crippen LogP contribution in [-0.4, -0.2) is 188 Å². The number of carboxylic acid groups (broad SMARTS) is 2. The van der Waals surface area contributed by atoms with Crippen LogP contribution in [0.2, 0.25) is 0 Å². The van der Waals surface area contributed by atoms with Gasteiger partial charge in [0.25, 0.3) is 34.3 Å². The first-order valence-corrected chi connectivity index (χ1v) is 36.7. The zero-order valence-corrected chi connectivity index (χ0v) is 62.0. The number of aryl methyl sites for hydroxylation is 2. The number of nitrogens with zero attached hydrogens (tertiary/aromatic N) is 9. The number of nitrogens with two attached hydrogens (primary N) is 2. The van der Waals surface area contributed by atoms with Gasteiger partial charge in [0.05, 0.1) is 157 Å². The van der Waals surface area contributed by atoms with Crippen molar-refractivity contribution in [1.29, 1.82) is 0 Å². The molecule has 107 heavy (non-hydrogen) atoms. The molecule has 5 aliphatic rings. The van der Waals surface area contributed by atoms with E-state index >= 15 is 0 Å². The Morgan fingerprint density at radius 1 is 0.645 bits per heavy atom. The number of anilines is 3. The molecule has 0 aliphatic carbocycles. The van der Waals surface area contributed by atoms with Gasteiger partial charge in [-0.2, -0.15) is 0 Å². The Balaban J connectivity index is 0.000000230. The molecule has 9 aromatic rings. The van der Waals surface area contributed by atoms with Crippen molar-refractivity contribution in [2.24, 2.45) is 4.99 Å². The lowest BCUT2D eigenvalue weighted by molar-refractivity contribution is -0.121. The number of methoxy groups -OCH3 is 1. The maximum Gasteiger partial charge on any atom is 0.335 e. The Morgan fingerprint density at radius 3 is 1.51 bits per heavy atom. The molecule has 1 saturated heterocycles. The number of aromatic nitrogens is 8. The van der Waals surface area contributed by atoms with Crippen LogP contribution in [0, 0.1) is 13.8 Å². The summed E-state index contributed by atoms with van der Waals surface area (Å²) >= 11 is 8.36. The maximum atomic E-state index is 12.7. The lowest BCUT2D eigenvalue weighted by Crippen LogP contribution is -2.25. The van der Waals surface area contributed by atoms with Crippen LogP contribution in [0.5, 0.6) is 5.75 Å². The SMILES string of the molecule is C.COC1=NCCOCC1.Cc1cnc(N)s1.Cc1cnc(NC(=O)c2ccc3c(=O)n4c(nc3c2)CCOCC4)s1.Nc1cc(C(=O)O)ccc1OC=O.O=C(Cl)c1ccc2c(=O)n3c(nc2c1)CCOCC3.O=C(O)c1ccc2c(=O)n3c(nc2c1)CCOCC3.O=C1CCOCCN1.O=S(Cl)Cl.[2H]CF. The maximum absolute atomic E-state index is 12.7. The first-order chi connectivity index (χ1) is 51.4. The number of amides is 2. The van der Waals surface area contributed by atoms with E-state index in [9.17, 15) is 47.5 Å². The van der Waals surface area contributed by atoms with Crippen molar-refractivity contribution in [3.8, 4) is 5.75 Å². The quantitative estimate of drug-likeness (QED) is 0.0503. The number of benzene rings is 4. The molecule has 0 spiro atoms. The third kappa shape index (κ3) is 27.9. The third-order valence-electron chi connectivity index (χ3n) is 14.8. The predicted molar refractivity (Wildman–Crippen MR) is 406 cm³/mol. The van der Waals surface area contributed by atoms with E-state index in [1.807, 2.05) is 13.8 Å². The number of thiazole rings is 2. The molecule has 32 nitrogen and oxygen atoms in total. The molecular weight excluding hydrogens is 1520 g/mol. The number of carbonyl (C=O) groups excluding carboxylic acids is 4. The second-order valence-corrected chi connectivity index (χ2v) is 27.2. The van der Waals surface area contributed by atoms with Crippen LogP contribution in [0.15, 0.2) is 105 Å². The molecule has 39 heteroatoms. The second-order valence-electron chi connectivity index (χ2n) is 21.9. The number of hydrogen-bond acceptors (Lipinski definition) is 27. The number of alkyl halides is 1. The Labute approximate surface area is 637 Å². The van der Waals surface area contributed by atoms with Gasteiger partial charge in [-0.25, -0.2) is 38.7 Å². The largest absolute Gasteiger partial charge is 0.484 e. The minimum atomic E-state index is -1.67. The minimum absolute atomic E-state index is 0. The van der Waals surface area contributed by atoms with Crippen molar-refractivity contribution in [3.63, 3.8) is 0 Å². The molecule has 0 unspecified atom stereocenters. The summed E-state index contributed by atoms with van der Waals surface area (Å²) in [5, 5.41) is 25.1. The molecule has 1 fully saturated rings. The van der Waals surface area contributed by atoms with Gasteiger partial charge in [0.15, 0.2) is 21.9 Å². The van der Waals surface area contributed by atoms with Crippen molar-refractivity contribution in [2.75, 3.05) is 110 Å². The molecule has 4 aromatic carbocycles. The van der Waals surface area contributed by atoms with Crippen LogP contribution in [-0.2, 0) is 86.1 Å². The number of fused-ring (bicyclic) bond motifs is 6. The Kier molecular flexibility index (Phi) is 37.0. The molecule has 10 heterocycles. The molecule has 5 aromatic heterocycles. The zero-order chi connectivity index (χ0) is 78.0. The first kappa shape index (κ1) is 86.3. The van der Waals surface area contributed by atoms with Gasteiger partial charge in [-0.3, -0.25) is 62.0 Å². The van der Waals surface area contributed by atoms with E-state index in [0.717, 1.165) is 41.8 Å². The standard InChI is InChI=1S/C17H16N4O3S.C13H11ClN2O3.C13H12N2O4.C8H7NO4.C6H11NO2.C5H9NO2.C4H6N2S.CH3F.CH4.Cl2OS/c1-10-9-18-17(25-10)20-15(22)11-2-3-12-13(8-11)19-14-4-6-24-7-5-21(14)16(12)23;14-12(17)8-1-2-9-10(7-8)15-11-3-5-19-6-4-16(11)13(9)18;16-12-9-2-1-8(13(17)18)7-10(9)14-11-3-5-19-6-4-15(11)12;9-6-3-5(8(11)12)1-2-7(6)13-4-10;1-8-6-2-4-9-5-3-7-6;7-5-1-3-8-4-2-6-5;1-3-2-6-4(5)7-3;1-2;;1-4(2)3/h2-3,8-9H,4-7H2,1H3,(H,18,20,22);1-2,7H,3-6H2;1-2,7H,3-6H2,(H,17,18);1-4H,9H2,(H,11,12);2-5H2,1H3;1-4H2,(H,6,7);2H,1H3,(H2,5,6);1H3;1H4;/i;;;;;;;1D;;. The summed E-state index contributed by atoms with van der Waals surface area (Å²) in [6.45, 7) is 12.9. The molecule has 0 radical (unpaired) electrons. The smallest absolute Gasteiger partial charge is 0.335 e. The number of nitrogens with one attached hydrogen (secondary N) is 2. The van der Waals surface area contributed by atoms with E-state index in [2.05, 4.69) is 66.6 Å². The fraction of sp³-hybridized carbons (Fsp3) is 0.368. The molecular formula is C68H79Cl3FN13O19S3. The summed E-state index contributed by atoms with van der Waals surface area (Å²) in [5.74, 6) is 0.729. The highest BCUT2D eigenvalue weighted by Crippen LogP contribution is 2.23.